The molecule has 0 aliphatic carbocycles. The lowest BCUT2D eigenvalue weighted by Gasteiger charge is -2.40. The first-order valence-electron chi connectivity index (χ1n) is 12.8. The van der Waals surface area contributed by atoms with Crippen molar-refractivity contribution in [2.75, 3.05) is 49.3 Å². The van der Waals surface area contributed by atoms with E-state index in [-0.39, 0.29) is 31.2 Å². The molecular formula is C26H31F3N6O5. The van der Waals surface area contributed by atoms with Crippen molar-refractivity contribution < 1.29 is 27.5 Å². The van der Waals surface area contributed by atoms with Crippen LogP contribution in [0, 0.1) is 11.8 Å². The summed E-state index contributed by atoms with van der Waals surface area (Å²) in [6, 6.07) is 9.46. The fourth-order valence-corrected chi connectivity index (χ4v) is 4.67. The van der Waals surface area contributed by atoms with E-state index in [1.54, 1.807) is 11.8 Å². The molecule has 216 valence electrons. The van der Waals surface area contributed by atoms with Gasteiger partial charge >= 0.3 is 17.8 Å². The second kappa shape index (κ2) is 12.6. The Balaban J connectivity index is 1.73. The lowest BCUT2D eigenvalue weighted by Crippen LogP contribution is -2.61. The molecule has 1 unspecified atom stereocenters. The molecule has 14 heteroatoms. The first-order valence-corrected chi connectivity index (χ1v) is 12.8. The van der Waals surface area contributed by atoms with E-state index in [0.717, 1.165) is 19.8 Å². The molecule has 2 aliphatic heterocycles. The van der Waals surface area contributed by atoms with E-state index >= 15 is 0 Å². The van der Waals surface area contributed by atoms with E-state index in [1.807, 2.05) is 30.3 Å². The third-order valence-electron chi connectivity index (χ3n) is 6.58. The molecule has 1 saturated heterocycles. The van der Waals surface area contributed by atoms with E-state index in [1.165, 1.54) is 11.9 Å². The van der Waals surface area contributed by atoms with Crippen LogP contribution in [0.15, 0.2) is 39.9 Å². The van der Waals surface area contributed by atoms with Crippen LogP contribution in [0.4, 0.5) is 24.7 Å². The SMILES string of the molecule is CC#CCN1c2c(n(CCCOCc3ccccc3)c(=O)n(C)c2=O)N(OC(=O)C(F)(F)F)C1N1CCNCC1. The van der Waals surface area contributed by atoms with Gasteiger partial charge in [-0.3, -0.25) is 18.8 Å². The van der Waals surface area contributed by atoms with Gasteiger partial charge in [-0.25, -0.2) is 9.59 Å². The molecule has 0 radical (unpaired) electrons. The molecule has 40 heavy (non-hydrogen) atoms. The van der Waals surface area contributed by atoms with Crippen LogP contribution >= 0.6 is 0 Å². The van der Waals surface area contributed by atoms with Crippen LogP contribution < -0.4 is 26.5 Å². The van der Waals surface area contributed by atoms with Gasteiger partial charge in [-0.05, 0) is 18.9 Å². The predicted octanol–water partition coefficient (Wildman–Crippen LogP) is 1.01. The minimum absolute atomic E-state index is 0.00822. The highest BCUT2D eigenvalue weighted by Crippen LogP contribution is 2.38. The molecule has 2 aliphatic rings. The second-order valence-electron chi connectivity index (χ2n) is 9.25. The lowest BCUT2D eigenvalue weighted by molar-refractivity contribution is -0.203. The van der Waals surface area contributed by atoms with Crippen LogP contribution in [0.2, 0.25) is 0 Å². The number of aromatic nitrogens is 2. The standard InChI is InChI=1S/C26H31F3N6O5/c1-3-4-13-33-20-21(35(40-23(37)26(27,28)29)24(33)32-15-11-30-12-16-32)34(25(38)31(2)22(20)36)14-8-17-39-18-19-9-6-5-7-10-19/h5-7,9-10,24,30H,8,11-18H2,1-2H3. The number of piperazine rings is 1. The Labute approximate surface area is 228 Å². The highest BCUT2D eigenvalue weighted by molar-refractivity contribution is 5.80. The van der Waals surface area contributed by atoms with Gasteiger partial charge in [0.2, 0.25) is 0 Å². The molecule has 0 bridgehead atoms. The van der Waals surface area contributed by atoms with Crippen LogP contribution in [0.5, 0.6) is 0 Å². The zero-order chi connectivity index (χ0) is 28.9. The van der Waals surface area contributed by atoms with Crippen LogP contribution in [-0.2, 0) is 34.6 Å². The van der Waals surface area contributed by atoms with Crippen molar-refractivity contribution in [3.63, 3.8) is 0 Å². The Morgan fingerprint density at radius 3 is 2.50 bits per heavy atom. The number of benzene rings is 1. The number of halogens is 3. The van der Waals surface area contributed by atoms with Gasteiger partial charge in [-0.15, -0.1) is 11.0 Å². The number of nitrogens with one attached hydrogen (secondary N) is 1. The number of hydrogen-bond acceptors (Lipinski definition) is 9. The molecule has 0 amide bonds. The molecule has 4 rings (SSSR count). The van der Waals surface area contributed by atoms with Crippen molar-refractivity contribution in [1.29, 1.82) is 0 Å². The average molecular weight is 565 g/mol. The van der Waals surface area contributed by atoms with Crippen LogP contribution in [-0.4, -0.2) is 71.8 Å². The number of anilines is 2. The number of rotatable bonds is 9. The summed E-state index contributed by atoms with van der Waals surface area (Å²) in [5.74, 6) is 2.89. The van der Waals surface area contributed by atoms with Crippen LogP contribution in [0.3, 0.4) is 0 Å². The van der Waals surface area contributed by atoms with Crippen molar-refractivity contribution >= 4 is 17.5 Å². The zero-order valence-corrected chi connectivity index (χ0v) is 22.2. The molecule has 1 fully saturated rings. The summed E-state index contributed by atoms with van der Waals surface area (Å²) in [5, 5.41) is 3.90. The topological polar surface area (TPSA) is 101 Å². The van der Waals surface area contributed by atoms with Gasteiger partial charge in [0.1, 0.15) is 0 Å². The first kappa shape index (κ1) is 29.2. The Morgan fingerprint density at radius 1 is 1.15 bits per heavy atom. The summed E-state index contributed by atoms with van der Waals surface area (Å²) >= 11 is 0. The van der Waals surface area contributed by atoms with Crippen molar-refractivity contribution in [3.8, 4) is 11.8 Å². The molecule has 0 spiro atoms. The number of hydroxylamine groups is 1. The molecular weight excluding hydrogens is 533 g/mol. The van der Waals surface area contributed by atoms with Gasteiger partial charge in [-0.1, -0.05) is 36.3 Å². The highest BCUT2D eigenvalue weighted by atomic mass is 19.4. The minimum atomic E-state index is -5.30. The fraction of sp³-hybridized carbons (Fsp3) is 0.500. The Morgan fingerprint density at radius 2 is 1.85 bits per heavy atom. The van der Waals surface area contributed by atoms with Crippen LogP contribution in [0.25, 0.3) is 0 Å². The quantitative estimate of drug-likeness (QED) is 0.353. The molecule has 11 nitrogen and oxygen atoms in total. The number of carbonyl (C=O) groups excluding carboxylic acids is 1. The van der Waals surface area contributed by atoms with Gasteiger partial charge in [0.05, 0.1) is 13.2 Å². The maximum Gasteiger partial charge on any atom is 0.493 e. The predicted molar refractivity (Wildman–Crippen MR) is 140 cm³/mol. The van der Waals surface area contributed by atoms with Gasteiger partial charge in [0.15, 0.2) is 17.8 Å². The molecule has 1 aromatic carbocycles. The number of nitrogens with zero attached hydrogens (tertiary/aromatic N) is 5. The third kappa shape index (κ3) is 6.16. The monoisotopic (exact) mass is 564 g/mol. The van der Waals surface area contributed by atoms with E-state index in [0.29, 0.717) is 39.2 Å². The Bertz CT molecular complexity index is 1380. The fourth-order valence-electron chi connectivity index (χ4n) is 4.67. The maximum atomic E-state index is 13.4. The average Bonchev–Trinajstić information content (AvgIpc) is 3.26. The highest BCUT2D eigenvalue weighted by Gasteiger charge is 2.50. The molecule has 1 aromatic heterocycles. The van der Waals surface area contributed by atoms with E-state index in [2.05, 4.69) is 17.2 Å². The maximum absolute atomic E-state index is 13.4. The number of ether oxygens (including phenoxy) is 1. The number of hydrogen-bond donors (Lipinski definition) is 1. The summed E-state index contributed by atoms with van der Waals surface area (Å²) < 4.78 is 47.9. The van der Waals surface area contributed by atoms with Gasteiger partial charge < -0.3 is 19.8 Å². The van der Waals surface area contributed by atoms with Gasteiger partial charge in [-0.2, -0.15) is 13.2 Å². The van der Waals surface area contributed by atoms with Crippen molar-refractivity contribution in [2.45, 2.75) is 39.0 Å². The number of alkyl halides is 3. The third-order valence-corrected chi connectivity index (χ3v) is 6.58. The largest absolute Gasteiger partial charge is 0.493 e. The van der Waals surface area contributed by atoms with Crippen molar-refractivity contribution in [1.82, 2.24) is 19.4 Å². The molecule has 0 saturated carbocycles. The molecule has 2 aromatic rings. The van der Waals surface area contributed by atoms with Crippen molar-refractivity contribution in [2.24, 2.45) is 7.05 Å². The lowest BCUT2D eigenvalue weighted by atomic mass is 10.2. The molecule has 1 N–H and O–H groups in total. The second-order valence-corrected chi connectivity index (χ2v) is 9.25. The van der Waals surface area contributed by atoms with E-state index < -0.39 is 29.7 Å². The van der Waals surface area contributed by atoms with Crippen molar-refractivity contribution in [3.05, 3.63) is 56.7 Å². The van der Waals surface area contributed by atoms with Gasteiger partial charge in [0.25, 0.3) is 5.56 Å². The molecule has 1 atom stereocenters. The Hall–Kier alpha value is -3.80. The summed E-state index contributed by atoms with van der Waals surface area (Å²) in [6.45, 7) is 3.90. The van der Waals surface area contributed by atoms with E-state index in [9.17, 15) is 27.6 Å². The normalized spacial score (nSPS) is 17.4. The molecule has 3 heterocycles. The Kier molecular flexibility index (Phi) is 9.18. The summed E-state index contributed by atoms with van der Waals surface area (Å²) in [6.07, 6.45) is -6.13. The number of carbonyl (C=O) groups is 1. The zero-order valence-electron chi connectivity index (χ0n) is 22.2. The minimum Gasteiger partial charge on any atom is -0.377 e. The van der Waals surface area contributed by atoms with Crippen LogP contribution in [0.1, 0.15) is 18.9 Å². The van der Waals surface area contributed by atoms with Gasteiger partial charge in [0, 0.05) is 46.4 Å². The smallest absolute Gasteiger partial charge is 0.377 e. The number of fused-ring (bicyclic) bond motifs is 1. The summed E-state index contributed by atoms with van der Waals surface area (Å²) in [7, 11) is 1.29. The summed E-state index contributed by atoms with van der Waals surface area (Å²) in [5.41, 5.74) is -0.615. The summed E-state index contributed by atoms with van der Waals surface area (Å²) in [4.78, 5) is 47.0. The first-order chi connectivity index (χ1) is 19.1. The van der Waals surface area contributed by atoms with E-state index in [4.69, 9.17) is 9.57 Å².